The number of aromatic nitrogens is 2. The van der Waals surface area contributed by atoms with Crippen LogP contribution in [0.2, 0.25) is 0 Å². The van der Waals surface area contributed by atoms with Gasteiger partial charge in [-0.3, -0.25) is 14.2 Å². The highest BCUT2D eigenvalue weighted by Gasteiger charge is 2.14. The van der Waals surface area contributed by atoms with Gasteiger partial charge in [-0.2, -0.15) is 5.10 Å². The van der Waals surface area contributed by atoms with Crippen molar-refractivity contribution in [3.63, 3.8) is 0 Å². The number of phenolic OH excluding ortho intramolecular Hbond substituents is 1. The maximum absolute atomic E-state index is 13.3. The maximum atomic E-state index is 13.3. The molecule has 176 valence electrons. The van der Waals surface area contributed by atoms with E-state index in [4.69, 9.17) is 0 Å². The van der Waals surface area contributed by atoms with Crippen molar-refractivity contribution in [2.24, 2.45) is 5.10 Å². The van der Waals surface area contributed by atoms with Crippen LogP contribution >= 0.6 is 11.8 Å². The molecule has 0 aliphatic carbocycles. The third-order valence-corrected chi connectivity index (χ3v) is 6.22. The average molecular weight is 485 g/mol. The van der Waals surface area contributed by atoms with Gasteiger partial charge in [0.25, 0.3) is 11.5 Å². The summed E-state index contributed by atoms with van der Waals surface area (Å²) < 4.78 is 1.52. The van der Waals surface area contributed by atoms with Gasteiger partial charge < -0.3 is 5.11 Å². The monoisotopic (exact) mass is 484 g/mol. The Labute approximate surface area is 206 Å². The standard InChI is InChI=1S/C27H24N4O3S/c1-3-7-19-8-6-9-20(25(19)33)16-28-30-24(32)17-35-27-29-23-11-5-4-10-22(23)26(34)31(27)21-14-12-18(2)13-15-21/h3-6,8-16,33H,1,7,17H2,2H3,(H,30,32). The second-order valence-corrected chi connectivity index (χ2v) is 8.76. The fourth-order valence-electron chi connectivity index (χ4n) is 3.50. The normalized spacial score (nSPS) is 11.1. The lowest BCUT2D eigenvalue weighted by atomic mass is 10.1. The first-order chi connectivity index (χ1) is 17.0. The Kier molecular flexibility index (Phi) is 7.42. The molecule has 0 atom stereocenters. The maximum Gasteiger partial charge on any atom is 0.266 e. The molecule has 1 amide bonds. The molecular formula is C27H24N4O3S. The molecule has 1 heterocycles. The summed E-state index contributed by atoms with van der Waals surface area (Å²) in [6, 6.07) is 20.0. The van der Waals surface area contributed by atoms with Crippen LogP contribution in [0, 0.1) is 6.92 Å². The number of hydrogen-bond acceptors (Lipinski definition) is 6. The van der Waals surface area contributed by atoms with E-state index in [0.29, 0.717) is 33.7 Å². The number of para-hydroxylation sites is 2. The number of carbonyl (C=O) groups is 1. The molecule has 0 radical (unpaired) electrons. The van der Waals surface area contributed by atoms with Crippen LogP contribution in [-0.2, 0) is 11.2 Å². The Bertz CT molecular complexity index is 1480. The minimum atomic E-state index is -0.370. The van der Waals surface area contributed by atoms with Crippen LogP contribution in [0.3, 0.4) is 0 Å². The molecule has 2 N–H and O–H groups in total. The van der Waals surface area contributed by atoms with Gasteiger partial charge in [0.2, 0.25) is 0 Å². The van der Waals surface area contributed by atoms with Crippen LogP contribution < -0.4 is 11.0 Å². The van der Waals surface area contributed by atoms with Crippen molar-refractivity contribution in [1.29, 1.82) is 0 Å². The van der Waals surface area contributed by atoms with E-state index in [1.54, 1.807) is 42.5 Å². The second-order valence-electron chi connectivity index (χ2n) is 7.82. The summed E-state index contributed by atoms with van der Waals surface area (Å²) in [4.78, 5) is 30.4. The van der Waals surface area contributed by atoms with E-state index in [9.17, 15) is 14.7 Å². The second kappa shape index (κ2) is 10.8. The molecule has 0 unspecified atom stereocenters. The first-order valence-corrected chi connectivity index (χ1v) is 11.9. The Morgan fingerprint density at radius 2 is 1.91 bits per heavy atom. The summed E-state index contributed by atoms with van der Waals surface area (Å²) in [7, 11) is 0. The number of rotatable bonds is 8. The van der Waals surface area contributed by atoms with Gasteiger partial charge in [0.1, 0.15) is 5.75 Å². The van der Waals surface area contributed by atoms with E-state index < -0.39 is 0 Å². The van der Waals surface area contributed by atoms with E-state index in [2.05, 4.69) is 22.1 Å². The van der Waals surface area contributed by atoms with E-state index in [-0.39, 0.29) is 23.0 Å². The third kappa shape index (κ3) is 5.50. The number of benzene rings is 3. The van der Waals surface area contributed by atoms with E-state index in [1.807, 2.05) is 37.3 Å². The van der Waals surface area contributed by atoms with Gasteiger partial charge in [0, 0.05) is 5.56 Å². The zero-order valence-electron chi connectivity index (χ0n) is 19.1. The molecule has 7 nitrogen and oxygen atoms in total. The van der Waals surface area contributed by atoms with Crippen molar-refractivity contribution in [2.45, 2.75) is 18.5 Å². The Balaban J connectivity index is 1.53. The number of aryl methyl sites for hydroxylation is 1. The largest absolute Gasteiger partial charge is 0.507 e. The van der Waals surface area contributed by atoms with Gasteiger partial charge in [-0.15, -0.1) is 6.58 Å². The highest BCUT2D eigenvalue weighted by atomic mass is 32.2. The number of hydrogen-bond donors (Lipinski definition) is 2. The number of hydrazone groups is 1. The molecule has 0 saturated heterocycles. The van der Waals surface area contributed by atoms with Gasteiger partial charge in [-0.05, 0) is 49.2 Å². The first-order valence-electron chi connectivity index (χ1n) is 10.9. The van der Waals surface area contributed by atoms with Crippen LogP contribution in [0.1, 0.15) is 16.7 Å². The summed E-state index contributed by atoms with van der Waals surface area (Å²) in [6.45, 7) is 5.65. The molecule has 1 aromatic heterocycles. The molecule has 0 aliphatic rings. The van der Waals surface area contributed by atoms with Crippen molar-refractivity contribution in [3.8, 4) is 11.4 Å². The van der Waals surface area contributed by atoms with Gasteiger partial charge in [0.05, 0.1) is 28.6 Å². The van der Waals surface area contributed by atoms with Crippen LogP contribution in [0.15, 0.2) is 94.4 Å². The SMILES string of the molecule is C=CCc1cccc(C=NNC(=O)CSc2nc3ccccc3c(=O)n2-c2ccc(C)cc2)c1O. The third-order valence-electron chi connectivity index (χ3n) is 5.28. The minimum Gasteiger partial charge on any atom is -0.507 e. The molecule has 0 saturated carbocycles. The molecular weight excluding hydrogens is 460 g/mol. The molecule has 0 spiro atoms. The smallest absolute Gasteiger partial charge is 0.266 e. The quantitative estimate of drug-likeness (QED) is 0.127. The van der Waals surface area contributed by atoms with Gasteiger partial charge in [0.15, 0.2) is 5.16 Å². The van der Waals surface area contributed by atoms with Crippen LogP contribution in [-0.4, -0.2) is 32.5 Å². The topological polar surface area (TPSA) is 96.6 Å². The number of allylic oxidation sites excluding steroid dienone is 1. The zero-order chi connectivity index (χ0) is 24.8. The van der Waals surface area contributed by atoms with Crippen molar-refractivity contribution < 1.29 is 9.90 Å². The number of nitrogens with zero attached hydrogens (tertiary/aromatic N) is 3. The Hall–Kier alpha value is -4.17. The van der Waals surface area contributed by atoms with E-state index in [0.717, 1.165) is 22.9 Å². The molecule has 35 heavy (non-hydrogen) atoms. The van der Waals surface area contributed by atoms with Crippen LogP contribution in [0.5, 0.6) is 5.75 Å². The number of phenols is 1. The van der Waals surface area contributed by atoms with Crippen molar-refractivity contribution in [2.75, 3.05) is 5.75 Å². The van der Waals surface area contributed by atoms with E-state index in [1.165, 1.54) is 10.8 Å². The van der Waals surface area contributed by atoms with Gasteiger partial charge in [-0.25, -0.2) is 10.4 Å². The van der Waals surface area contributed by atoms with Gasteiger partial charge in [-0.1, -0.05) is 59.8 Å². The fourth-order valence-corrected chi connectivity index (χ4v) is 4.31. The molecule has 0 bridgehead atoms. The lowest BCUT2D eigenvalue weighted by molar-refractivity contribution is -0.118. The summed E-state index contributed by atoms with van der Waals surface area (Å²) >= 11 is 1.15. The van der Waals surface area contributed by atoms with Crippen LogP contribution in [0.4, 0.5) is 0 Å². The number of amides is 1. The summed E-state index contributed by atoms with van der Waals surface area (Å²) in [6.07, 6.45) is 3.62. The van der Waals surface area contributed by atoms with Crippen molar-refractivity contribution in [1.82, 2.24) is 15.0 Å². The first kappa shape index (κ1) is 24.0. The number of fused-ring (bicyclic) bond motifs is 1. The molecule has 8 heteroatoms. The van der Waals surface area contributed by atoms with Gasteiger partial charge >= 0.3 is 0 Å². The predicted octanol–water partition coefficient (Wildman–Crippen LogP) is 4.37. The number of thioether (sulfide) groups is 1. The highest BCUT2D eigenvalue weighted by Crippen LogP contribution is 2.23. The Morgan fingerprint density at radius 1 is 1.14 bits per heavy atom. The number of carbonyl (C=O) groups excluding carboxylic acids is 1. The summed E-state index contributed by atoms with van der Waals surface area (Å²) in [5, 5.41) is 15.2. The highest BCUT2D eigenvalue weighted by molar-refractivity contribution is 7.99. The minimum absolute atomic E-state index is 0.00350. The fraction of sp³-hybridized carbons (Fsp3) is 0.111. The zero-order valence-corrected chi connectivity index (χ0v) is 20.0. The predicted molar refractivity (Wildman–Crippen MR) is 141 cm³/mol. The van der Waals surface area contributed by atoms with E-state index >= 15 is 0 Å². The van der Waals surface area contributed by atoms with Crippen LogP contribution in [0.25, 0.3) is 16.6 Å². The molecule has 3 aromatic carbocycles. The lowest BCUT2D eigenvalue weighted by Crippen LogP contribution is -2.24. The summed E-state index contributed by atoms with van der Waals surface area (Å²) in [5.74, 6) is -0.274. The average Bonchev–Trinajstić information content (AvgIpc) is 2.86. The van der Waals surface area contributed by atoms with Crippen molar-refractivity contribution >= 4 is 34.8 Å². The summed E-state index contributed by atoms with van der Waals surface area (Å²) in [5.41, 5.74) is 5.79. The molecule has 4 aromatic rings. The molecule has 0 aliphatic heterocycles. The molecule has 4 rings (SSSR count). The number of nitrogens with one attached hydrogen (secondary N) is 1. The van der Waals surface area contributed by atoms with Crippen molar-refractivity contribution in [3.05, 3.63) is 106 Å². The Morgan fingerprint density at radius 3 is 2.69 bits per heavy atom. The lowest BCUT2D eigenvalue weighted by Gasteiger charge is -2.13. The molecule has 0 fully saturated rings. The number of aromatic hydroxyl groups is 1.